The minimum atomic E-state index is -4.25. The highest BCUT2D eigenvalue weighted by atomic mass is 32.2. The quantitative estimate of drug-likeness (QED) is 0.709. The van der Waals surface area contributed by atoms with Crippen LogP contribution in [0.3, 0.4) is 0 Å². The maximum absolute atomic E-state index is 11.5. The lowest BCUT2D eigenvalue weighted by atomic mass is 9.88. The lowest BCUT2D eigenvalue weighted by Gasteiger charge is -2.21. The molecule has 0 amide bonds. The number of hydrogen-bond donors (Lipinski definition) is 1. The summed E-state index contributed by atoms with van der Waals surface area (Å²) in [6.07, 6.45) is 0.106. The average Bonchev–Trinajstić information content (AvgIpc) is 1.83. The van der Waals surface area contributed by atoms with Gasteiger partial charge in [0.1, 0.15) is 5.25 Å². The van der Waals surface area contributed by atoms with Gasteiger partial charge in [-0.1, -0.05) is 27.7 Å². The predicted octanol–water partition coefficient (Wildman–Crippen LogP) is 1.27. The van der Waals surface area contributed by atoms with Gasteiger partial charge in [0.05, 0.1) is 0 Å². The highest BCUT2D eigenvalue weighted by molar-refractivity contribution is 7.87. The maximum atomic E-state index is 11.5. The van der Waals surface area contributed by atoms with Crippen LogP contribution in [0.5, 0.6) is 0 Å². The van der Waals surface area contributed by atoms with Crippen LogP contribution in [0.1, 0.15) is 34.1 Å². The molecule has 0 heterocycles. The molecule has 4 nitrogen and oxygen atoms in total. The molecule has 0 bridgehead atoms. The Balaban J connectivity index is 4.94. The Hall–Kier alpha value is -0.420. The van der Waals surface area contributed by atoms with Crippen molar-refractivity contribution in [3.63, 3.8) is 0 Å². The van der Waals surface area contributed by atoms with Crippen LogP contribution in [0, 0.1) is 5.41 Å². The molecule has 0 saturated heterocycles. The molecule has 0 aromatic carbocycles. The van der Waals surface area contributed by atoms with Crippen LogP contribution in [0.4, 0.5) is 0 Å². The number of hydrogen-bond acceptors (Lipinski definition) is 3. The third-order valence-corrected chi connectivity index (χ3v) is 3.03. The molecule has 1 N–H and O–H groups in total. The number of carbonyl (C=O) groups excluding carboxylic acids is 1. The average molecular weight is 208 g/mol. The highest BCUT2D eigenvalue weighted by Crippen LogP contribution is 2.21. The Bertz CT molecular complexity index is 284. The summed E-state index contributed by atoms with van der Waals surface area (Å²) in [5.74, 6) is -0.447. The first-order valence-corrected chi connectivity index (χ1v) is 5.61. The smallest absolute Gasteiger partial charge is 0.274 e. The largest absolute Gasteiger partial charge is 0.298 e. The first-order chi connectivity index (χ1) is 5.60. The normalized spacial score (nSPS) is 15.5. The van der Waals surface area contributed by atoms with Crippen molar-refractivity contribution < 1.29 is 17.8 Å². The van der Waals surface area contributed by atoms with E-state index >= 15 is 0 Å². The fourth-order valence-electron chi connectivity index (χ4n) is 1.01. The van der Waals surface area contributed by atoms with E-state index in [1.165, 1.54) is 0 Å². The second-order valence-corrected chi connectivity index (χ2v) is 5.63. The van der Waals surface area contributed by atoms with Crippen LogP contribution in [0.2, 0.25) is 0 Å². The van der Waals surface area contributed by atoms with E-state index in [1.54, 1.807) is 27.7 Å². The summed E-state index contributed by atoms with van der Waals surface area (Å²) in [7, 11) is -4.25. The Morgan fingerprint density at radius 1 is 1.38 bits per heavy atom. The minimum Gasteiger partial charge on any atom is -0.298 e. The van der Waals surface area contributed by atoms with Gasteiger partial charge in [-0.25, -0.2) is 0 Å². The summed E-state index contributed by atoms with van der Waals surface area (Å²) in [6.45, 7) is 6.44. The third kappa shape index (κ3) is 3.44. The topological polar surface area (TPSA) is 71.4 Å². The molecular weight excluding hydrogens is 192 g/mol. The lowest BCUT2D eigenvalue weighted by Crippen LogP contribution is -2.37. The summed E-state index contributed by atoms with van der Waals surface area (Å²) in [4.78, 5) is 11.5. The van der Waals surface area contributed by atoms with Gasteiger partial charge in [0.25, 0.3) is 10.1 Å². The van der Waals surface area contributed by atoms with E-state index in [4.69, 9.17) is 4.55 Å². The lowest BCUT2D eigenvalue weighted by molar-refractivity contribution is -0.126. The fourth-order valence-corrected chi connectivity index (χ4v) is 2.06. The number of rotatable bonds is 3. The SMILES string of the molecule is CCC(C(=O)C(C)(C)C)S(=O)(=O)O. The molecule has 0 fully saturated rings. The summed E-state index contributed by atoms with van der Waals surface area (Å²) in [6, 6.07) is 0. The summed E-state index contributed by atoms with van der Waals surface area (Å²) in [5.41, 5.74) is -0.740. The molecule has 0 radical (unpaired) electrons. The predicted molar refractivity (Wildman–Crippen MR) is 50.1 cm³/mol. The molecule has 13 heavy (non-hydrogen) atoms. The molecule has 0 spiro atoms. The molecule has 0 aromatic rings. The molecule has 0 rings (SSSR count). The van der Waals surface area contributed by atoms with E-state index in [-0.39, 0.29) is 6.42 Å². The first-order valence-electron chi connectivity index (χ1n) is 4.11. The van der Waals surface area contributed by atoms with Crippen molar-refractivity contribution in [3.05, 3.63) is 0 Å². The van der Waals surface area contributed by atoms with Crippen molar-refractivity contribution in [2.45, 2.75) is 39.4 Å². The molecule has 0 aliphatic carbocycles. The van der Waals surface area contributed by atoms with E-state index in [9.17, 15) is 13.2 Å². The maximum Gasteiger partial charge on any atom is 0.274 e. The van der Waals surface area contributed by atoms with Gasteiger partial charge in [0.2, 0.25) is 0 Å². The molecule has 78 valence electrons. The van der Waals surface area contributed by atoms with Gasteiger partial charge >= 0.3 is 0 Å². The highest BCUT2D eigenvalue weighted by Gasteiger charge is 2.36. The Kier molecular flexibility index (Phi) is 3.63. The van der Waals surface area contributed by atoms with Gasteiger partial charge in [-0.05, 0) is 6.42 Å². The van der Waals surface area contributed by atoms with Gasteiger partial charge in [0.15, 0.2) is 5.78 Å². The second-order valence-electron chi connectivity index (χ2n) is 4.03. The van der Waals surface area contributed by atoms with Crippen LogP contribution in [-0.2, 0) is 14.9 Å². The van der Waals surface area contributed by atoms with E-state index in [0.29, 0.717) is 0 Å². The van der Waals surface area contributed by atoms with Crippen molar-refractivity contribution in [2.24, 2.45) is 5.41 Å². The number of ketones is 1. The summed E-state index contributed by atoms with van der Waals surface area (Å²) < 4.78 is 30.3. The van der Waals surface area contributed by atoms with Gasteiger partial charge in [-0.2, -0.15) is 8.42 Å². The van der Waals surface area contributed by atoms with E-state index < -0.39 is 26.6 Å². The molecule has 0 aromatic heterocycles. The number of Topliss-reactive ketones (excluding diaryl/α,β-unsaturated/α-hetero) is 1. The molecular formula is C8H16O4S. The molecule has 0 aliphatic rings. The van der Waals surface area contributed by atoms with Crippen LogP contribution < -0.4 is 0 Å². The molecule has 0 aliphatic heterocycles. The second kappa shape index (κ2) is 3.75. The van der Waals surface area contributed by atoms with Crippen LogP contribution in [0.15, 0.2) is 0 Å². The van der Waals surface area contributed by atoms with Gasteiger partial charge in [-0.15, -0.1) is 0 Å². The van der Waals surface area contributed by atoms with E-state index in [1.807, 2.05) is 0 Å². The van der Waals surface area contributed by atoms with Crippen molar-refractivity contribution in [1.29, 1.82) is 0 Å². The Morgan fingerprint density at radius 2 is 1.77 bits per heavy atom. The Labute approximate surface area is 79.1 Å². The monoisotopic (exact) mass is 208 g/mol. The fraction of sp³-hybridized carbons (Fsp3) is 0.875. The first kappa shape index (κ1) is 12.6. The summed E-state index contributed by atoms with van der Waals surface area (Å²) in [5, 5.41) is -1.28. The Morgan fingerprint density at radius 3 is 1.85 bits per heavy atom. The third-order valence-electron chi connectivity index (χ3n) is 1.76. The standard InChI is InChI=1S/C8H16O4S/c1-5-6(13(10,11)12)7(9)8(2,3)4/h6H,5H2,1-4H3,(H,10,11,12). The van der Waals surface area contributed by atoms with Gasteiger partial charge in [-0.3, -0.25) is 9.35 Å². The number of carbonyl (C=O) groups is 1. The summed E-state index contributed by atoms with van der Waals surface area (Å²) >= 11 is 0. The van der Waals surface area contributed by atoms with Crippen LogP contribution in [-0.4, -0.2) is 24.0 Å². The van der Waals surface area contributed by atoms with Crippen LogP contribution >= 0.6 is 0 Å². The van der Waals surface area contributed by atoms with Crippen molar-refractivity contribution in [3.8, 4) is 0 Å². The van der Waals surface area contributed by atoms with Crippen molar-refractivity contribution in [1.82, 2.24) is 0 Å². The zero-order chi connectivity index (χ0) is 10.9. The van der Waals surface area contributed by atoms with Gasteiger partial charge < -0.3 is 0 Å². The molecule has 1 atom stereocenters. The van der Waals surface area contributed by atoms with Crippen LogP contribution in [0.25, 0.3) is 0 Å². The van der Waals surface area contributed by atoms with Crippen molar-refractivity contribution in [2.75, 3.05) is 0 Å². The zero-order valence-electron chi connectivity index (χ0n) is 8.36. The van der Waals surface area contributed by atoms with Crippen molar-refractivity contribution >= 4 is 15.9 Å². The van der Waals surface area contributed by atoms with Gasteiger partial charge in [0, 0.05) is 5.41 Å². The zero-order valence-corrected chi connectivity index (χ0v) is 9.18. The van der Waals surface area contributed by atoms with E-state index in [2.05, 4.69) is 0 Å². The van der Waals surface area contributed by atoms with E-state index in [0.717, 1.165) is 0 Å². The minimum absolute atomic E-state index is 0.106. The molecule has 5 heteroatoms. The molecule has 1 unspecified atom stereocenters. The molecule has 0 saturated carbocycles.